The molecule has 3 unspecified atom stereocenters. The van der Waals surface area contributed by atoms with Gasteiger partial charge < -0.3 is 25.2 Å². The van der Waals surface area contributed by atoms with Crippen molar-refractivity contribution in [3.8, 4) is 0 Å². The number of hydrogen-bond acceptors (Lipinski definition) is 8. The van der Waals surface area contributed by atoms with E-state index in [0.29, 0.717) is 13.0 Å². The quantitative estimate of drug-likeness (QED) is 0.0264. The van der Waals surface area contributed by atoms with Gasteiger partial charge in [-0.05, 0) is 38.5 Å². The number of unbranched alkanes of at least 4 members (excludes halogenated alkanes) is 18. The fourth-order valence-corrected chi connectivity index (χ4v) is 5.49. The SMILES string of the molecule is CCCCCCCC/C=C\CCCCCCCCOCC(COP(=O)(O)OCC(N)C(=O)O)OC(=O)CCCCCCCCC. The number of hydrogen-bond donors (Lipinski definition) is 3. The Kier molecular flexibility index (Phi) is 30.4. The number of aliphatic carboxylic acids is 1. The molecule has 0 amide bonds. The minimum atomic E-state index is -4.60. The van der Waals surface area contributed by atoms with Gasteiger partial charge in [-0.25, -0.2) is 4.57 Å². The maximum atomic E-state index is 12.4. The minimum absolute atomic E-state index is 0.0163. The Hall–Kier alpha value is -1.29. The van der Waals surface area contributed by atoms with E-state index in [9.17, 15) is 19.0 Å². The van der Waals surface area contributed by atoms with Crippen LogP contribution >= 0.6 is 7.82 Å². The molecule has 0 fully saturated rings. The standard InChI is InChI=1S/C34H66NO9P/c1-3-5-7-9-11-12-13-14-15-16-17-18-19-21-23-25-27-41-28-31(29-42-45(39,40)43-30-32(35)34(37)38)44-33(36)26-24-22-20-10-8-6-4-2/h14-15,31-32H,3-13,16-30,35H2,1-2H3,(H,37,38)(H,39,40)/b15-14-. The average Bonchev–Trinajstić information content (AvgIpc) is 3.01. The molecule has 0 spiro atoms. The molecule has 0 rings (SSSR count). The maximum Gasteiger partial charge on any atom is 0.472 e. The van der Waals surface area contributed by atoms with E-state index in [2.05, 4.69) is 30.5 Å². The number of carbonyl (C=O) groups excluding carboxylic acids is 1. The number of allylic oxidation sites excluding steroid dienone is 2. The molecule has 4 N–H and O–H groups in total. The van der Waals surface area contributed by atoms with Crippen LogP contribution in [0.15, 0.2) is 12.2 Å². The summed E-state index contributed by atoms with van der Waals surface area (Å²) in [4.78, 5) is 33.1. The molecule has 0 radical (unpaired) electrons. The third-order valence-electron chi connectivity index (χ3n) is 7.54. The molecule has 10 nitrogen and oxygen atoms in total. The zero-order valence-electron chi connectivity index (χ0n) is 28.5. The third kappa shape index (κ3) is 31.1. The predicted octanol–water partition coefficient (Wildman–Crippen LogP) is 8.64. The second-order valence-corrected chi connectivity index (χ2v) is 13.5. The first-order valence-electron chi connectivity index (χ1n) is 17.7. The van der Waals surface area contributed by atoms with Crippen LogP contribution in [0.1, 0.15) is 155 Å². The van der Waals surface area contributed by atoms with Gasteiger partial charge in [0.05, 0.1) is 19.8 Å². The van der Waals surface area contributed by atoms with Crippen molar-refractivity contribution >= 4 is 19.8 Å². The van der Waals surface area contributed by atoms with Gasteiger partial charge in [-0.1, -0.05) is 122 Å². The van der Waals surface area contributed by atoms with E-state index in [0.717, 1.165) is 44.9 Å². The van der Waals surface area contributed by atoms with Gasteiger partial charge in [0.15, 0.2) is 0 Å². The van der Waals surface area contributed by atoms with E-state index in [-0.39, 0.29) is 13.0 Å². The van der Waals surface area contributed by atoms with Crippen molar-refractivity contribution in [3.63, 3.8) is 0 Å². The summed E-state index contributed by atoms with van der Waals surface area (Å²) >= 11 is 0. The molecule has 11 heteroatoms. The van der Waals surface area contributed by atoms with Gasteiger partial charge in [0.2, 0.25) is 0 Å². The zero-order chi connectivity index (χ0) is 33.4. The fraction of sp³-hybridized carbons (Fsp3) is 0.882. The summed E-state index contributed by atoms with van der Waals surface area (Å²) in [7, 11) is -4.60. The van der Waals surface area contributed by atoms with Crippen LogP contribution < -0.4 is 5.73 Å². The van der Waals surface area contributed by atoms with Crippen LogP contribution in [0.2, 0.25) is 0 Å². The Morgan fingerprint density at radius 2 is 1.16 bits per heavy atom. The Morgan fingerprint density at radius 3 is 1.69 bits per heavy atom. The smallest absolute Gasteiger partial charge is 0.472 e. The lowest BCUT2D eigenvalue weighted by atomic mass is 10.1. The van der Waals surface area contributed by atoms with E-state index in [1.807, 2.05) is 0 Å². The highest BCUT2D eigenvalue weighted by molar-refractivity contribution is 7.47. The second-order valence-electron chi connectivity index (χ2n) is 12.0. The van der Waals surface area contributed by atoms with Crippen molar-refractivity contribution in [1.29, 1.82) is 0 Å². The lowest BCUT2D eigenvalue weighted by molar-refractivity contribution is -0.154. The van der Waals surface area contributed by atoms with Crippen LogP contribution in [0.5, 0.6) is 0 Å². The van der Waals surface area contributed by atoms with E-state index in [4.69, 9.17) is 24.8 Å². The van der Waals surface area contributed by atoms with Crippen LogP contribution in [0, 0.1) is 0 Å². The normalized spacial score (nSPS) is 14.4. The van der Waals surface area contributed by atoms with Crippen LogP contribution in [0.3, 0.4) is 0 Å². The van der Waals surface area contributed by atoms with Gasteiger partial charge in [0.25, 0.3) is 0 Å². The lowest BCUT2D eigenvalue weighted by Crippen LogP contribution is -2.34. The number of esters is 1. The first-order valence-corrected chi connectivity index (χ1v) is 19.2. The molecular formula is C34H66NO9P. The number of rotatable bonds is 34. The highest BCUT2D eigenvalue weighted by atomic mass is 31.2. The molecule has 0 saturated carbocycles. The molecule has 0 heterocycles. The number of carboxylic acid groups (broad SMARTS) is 1. The Balaban J connectivity index is 4.23. The van der Waals surface area contributed by atoms with Crippen molar-refractivity contribution in [2.75, 3.05) is 26.4 Å². The van der Waals surface area contributed by atoms with Crippen molar-refractivity contribution in [1.82, 2.24) is 0 Å². The average molecular weight is 664 g/mol. The molecule has 0 aromatic carbocycles. The summed E-state index contributed by atoms with van der Waals surface area (Å²) in [5, 5.41) is 8.83. The molecule has 0 aliphatic carbocycles. The van der Waals surface area contributed by atoms with Gasteiger partial charge in [-0.15, -0.1) is 0 Å². The first kappa shape index (κ1) is 43.7. The Morgan fingerprint density at radius 1 is 0.689 bits per heavy atom. The van der Waals surface area contributed by atoms with Crippen molar-refractivity contribution in [2.45, 2.75) is 167 Å². The van der Waals surface area contributed by atoms with E-state index in [1.165, 1.54) is 83.5 Å². The summed E-state index contributed by atoms with van der Waals surface area (Å²) in [6.45, 7) is 3.80. The molecule has 3 atom stereocenters. The number of nitrogens with two attached hydrogens (primary N) is 1. The van der Waals surface area contributed by atoms with Crippen LogP contribution in [0.25, 0.3) is 0 Å². The van der Waals surface area contributed by atoms with Gasteiger partial charge in [-0.2, -0.15) is 0 Å². The van der Waals surface area contributed by atoms with Gasteiger partial charge in [-0.3, -0.25) is 18.6 Å². The summed E-state index contributed by atoms with van der Waals surface area (Å²) < 4.78 is 33.0. The molecule has 45 heavy (non-hydrogen) atoms. The molecule has 0 aromatic heterocycles. The van der Waals surface area contributed by atoms with Crippen LogP contribution in [-0.4, -0.2) is 60.5 Å². The van der Waals surface area contributed by atoms with Crippen molar-refractivity contribution < 1.29 is 42.7 Å². The highest BCUT2D eigenvalue weighted by Gasteiger charge is 2.27. The van der Waals surface area contributed by atoms with E-state index < -0.39 is 45.1 Å². The van der Waals surface area contributed by atoms with Gasteiger partial charge in [0.1, 0.15) is 12.1 Å². The third-order valence-corrected chi connectivity index (χ3v) is 8.50. The molecule has 0 aliphatic rings. The topological polar surface area (TPSA) is 155 Å². The van der Waals surface area contributed by atoms with Gasteiger partial charge >= 0.3 is 19.8 Å². The fourth-order valence-electron chi connectivity index (χ4n) is 4.71. The van der Waals surface area contributed by atoms with Gasteiger partial charge in [0, 0.05) is 13.0 Å². The molecule has 0 aromatic rings. The predicted molar refractivity (Wildman–Crippen MR) is 180 cm³/mol. The summed E-state index contributed by atoms with van der Waals surface area (Å²) in [5.41, 5.74) is 5.31. The Labute approximate surface area is 273 Å². The summed E-state index contributed by atoms with van der Waals surface area (Å²) in [6, 6.07) is -1.47. The van der Waals surface area contributed by atoms with E-state index >= 15 is 0 Å². The number of phosphoric ester groups is 1. The minimum Gasteiger partial charge on any atom is -0.480 e. The van der Waals surface area contributed by atoms with Crippen molar-refractivity contribution in [3.05, 3.63) is 12.2 Å². The van der Waals surface area contributed by atoms with E-state index in [1.54, 1.807) is 0 Å². The number of carboxylic acids is 1. The largest absolute Gasteiger partial charge is 0.480 e. The highest BCUT2D eigenvalue weighted by Crippen LogP contribution is 2.43. The van der Waals surface area contributed by atoms with Crippen molar-refractivity contribution in [2.24, 2.45) is 5.73 Å². The monoisotopic (exact) mass is 663 g/mol. The first-order chi connectivity index (χ1) is 21.7. The molecule has 266 valence electrons. The molecule has 0 aliphatic heterocycles. The zero-order valence-corrected chi connectivity index (χ0v) is 29.4. The second kappa shape index (κ2) is 31.3. The number of carbonyl (C=O) groups is 2. The molecule has 0 bridgehead atoms. The molecule has 0 saturated heterocycles. The maximum absolute atomic E-state index is 12.4. The molecular weight excluding hydrogens is 597 g/mol. The number of phosphoric acid groups is 1. The summed E-state index contributed by atoms with van der Waals surface area (Å²) in [5.74, 6) is -1.79. The van der Waals surface area contributed by atoms with Crippen LogP contribution in [-0.2, 0) is 32.7 Å². The number of ether oxygens (including phenoxy) is 2. The van der Waals surface area contributed by atoms with Crippen LogP contribution in [0.4, 0.5) is 0 Å². The Bertz CT molecular complexity index is 781. The summed E-state index contributed by atoms with van der Waals surface area (Å²) in [6.07, 6.45) is 28.6. The lowest BCUT2D eigenvalue weighted by Gasteiger charge is -2.20.